The van der Waals surface area contributed by atoms with Crippen LogP contribution < -0.4 is 5.32 Å². The molecule has 0 saturated heterocycles. The number of ether oxygens (including phenoxy) is 1. The molecule has 2 aromatic heterocycles. The van der Waals surface area contributed by atoms with E-state index in [9.17, 15) is 14.0 Å². The standard InChI is InChI=1S/C24H27FN4O3S2/c1-4-29-21(15-7-9-16(25)10-8-15)27-28-24(29)33-13-19(30)26-22-20(23(31)32-5-2)17-11-6-14(3)12-18(17)34-22/h7-10,14H,4-6,11-13H2,1-3H3,(H,26,30). The molecule has 10 heteroatoms. The second-order valence-electron chi connectivity index (χ2n) is 8.17. The van der Waals surface area contributed by atoms with Crippen LogP contribution in [0.15, 0.2) is 29.4 Å². The molecule has 1 N–H and O–H groups in total. The smallest absolute Gasteiger partial charge is 0.341 e. The first-order chi connectivity index (χ1) is 16.4. The van der Waals surface area contributed by atoms with Crippen molar-refractivity contribution in [1.29, 1.82) is 0 Å². The summed E-state index contributed by atoms with van der Waals surface area (Å²) in [5, 5.41) is 12.6. The van der Waals surface area contributed by atoms with Gasteiger partial charge >= 0.3 is 5.97 Å². The highest BCUT2D eigenvalue weighted by molar-refractivity contribution is 7.99. The van der Waals surface area contributed by atoms with Crippen LogP contribution in [0.2, 0.25) is 0 Å². The van der Waals surface area contributed by atoms with Crippen LogP contribution in [0.4, 0.5) is 9.39 Å². The summed E-state index contributed by atoms with van der Waals surface area (Å²) in [5.41, 5.74) is 2.27. The van der Waals surface area contributed by atoms with Crippen LogP contribution in [0.25, 0.3) is 11.4 Å². The van der Waals surface area contributed by atoms with Crippen molar-refractivity contribution in [2.45, 2.75) is 51.7 Å². The van der Waals surface area contributed by atoms with Crippen LogP contribution in [-0.4, -0.2) is 39.0 Å². The Morgan fingerprint density at radius 3 is 2.74 bits per heavy atom. The Labute approximate surface area is 206 Å². The van der Waals surface area contributed by atoms with Gasteiger partial charge < -0.3 is 14.6 Å². The van der Waals surface area contributed by atoms with Crippen molar-refractivity contribution >= 4 is 40.0 Å². The third kappa shape index (κ3) is 5.17. The van der Waals surface area contributed by atoms with Crippen LogP contribution in [-0.2, 0) is 28.9 Å². The van der Waals surface area contributed by atoms with E-state index >= 15 is 0 Å². The minimum atomic E-state index is -0.382. The van der Waals surface area contributed by atoms with Crippen LogP contribution in [0.1, 0.15) is 48.0 Å². The molecule has 0 radical (unpaired) electrons. The lowest BCUT2D eigenvalue weighted by molar-refractivity contribution is -0.113. The van der Waals surface area contributed by atoms with Gasteiger partial charge in [-0.2, -0.15) is 0 Å². The zero-order valence-corrected chi connectivity index (χ0v) is 21.0. The van der Waals surface area contributed by atoms with E-state index in [1.807, 2.05) is 11.5 Å². The van der Waals surface area contributed by atoms with E-state index in [4.69, 9.17) is 4.74 Å². The molecule has 1 unspecified atom stereocenters. The Bertz CT molecular complexity index is 1190. The topological polar surface area (TPSA) is 86.1 Å². The highest BCUT2D eigenvalue weighted by atomic mass is 32.2. The molecular formula is C24H27FN4O3S2. The number of hydrogen-bond donors (Lipinski definition) is 1. The number of nitrogens with one attached hydrogen (secondary N) is 1. The van der Waals surface area contributed by atoms with Gasteiger partial charge in [0.2, 0.25) is 5.91 Å². The van der Waals surface area contributed by atoms with Gasteiger partial charge in [0.25, 0.3) is 0 Å². The van der Waals surface area contributed by atoms with E-state index in [2.05, 4.69) is 22.4 Å². The maximum Gasteiger partial charge on any atom is 0.341 e. The van der Waals surface area contributed by atoms with Gasteiger partial charge in [-0.3, -0.25) is 4.79 Å². The van der Waals surface area contributed by atoms with Gasteiger partial charge in [0.1, 0.15) is 10.8 Å². The quantitative estimate of drug-likeness (QED) is 0.337. The van der Waals surface area contributed by atoms with Crippen LogP contribution in [0.5, 0.6) is 0 Å². The van der Waals surface area contributed by atoms with Gasteiger partial charge in [0.15, 0.2) is 11.0 Å². The molecular weight excluding hydrogens is 475 g/mol. The Hall–Kier alpha value is -2.72. The number of carbonyl (C=O) groups is 2. The van der Waals surface area contributed by atoms with E-state index in [1.54, 1.807) is 19.1 Å². The van der Waals surface area contributed by atoms with Crippen molar-refractivity contribution in [1.82, 2.24) is 14.8 Å². The maximum atomic E-state index is 13.3. The predicted octanol–water partition coefficient (Wildman–Crippen LogP) is 5.20. The number of halogens is 1. The molecule has 0 saturated carbocycles. The third-order valence-electron chi connectivity index (χ3n) is 5.71. The van der Waals surface area contributed by atoms with Crippen LogP contribution >= 0.6 is 23.1 Å². The Balaban J connectivity index is 1.49. The molecule has 34 heavy (non-hydrogen) atoms. The first kappa shape index (κ1) is 24.4. The lowest BCUT2D eigenvalue weighted by atomic mass is 9.88. The lowest BCUT2D eigenvalue weighted by Gasteiger charge is -2.18. The number of aromatic nitrogens is 3. The average Bonchev–Trinajstić information content (AvgIpc) is 3.38. The number of carbonyl (C=O) groups excluding carboxylic acids is 2. The Morgan fingerprint density at radius 2 is 2.03 bits per heavy atom. The number of nitrogens with zero attached hydrogens (tertiary/aromatic N) is 3. The van der Waals surface area contributed by atoms with Crippen LogP contribution in [0, 0.1) is 11.7 Å². The molecule has 180 valence electrons. The molecule has 1 amide bonds. The number of hydrogen-bond acceptors (Lipinski definition) is 7. The van der Waals surface area contributed by atoms with Gasteiger partial charge in [0.05, 0.1) is 17.9 Å². The zero-order chi connectivity index (χ0) is 24.2. The van der Waals surface area contributed by atoms with Gasteiger partial charge in [-0.25, -0.2) is 9.18 Å². The summed E-state index contributed by atoms with van der Waals surface area (Å²) in [6.45, 7) is 6.82. The first-order valence-corrected chi connectivity index (χ1v) is 13.1. The molecule has 0 aliphatic heterocycles. The molecule has 2 heterocycles. The van der Waals surface area contributed by atoms with Crippen LogP contribution in [0.3, 0.4) is 0 Å². The first-order valence-electron chi connectivity index (χ1n) is 11.3. The average molecular weight is 503 g/mol. The summed E-state index contributed by atoms with van der Waals surface area (Å²) in [4.78, 5) is 26.7. The fraction of sp³-hybridized carbons (Fsp3) is 0.417. The summed E-state index contributed by atoms with van der Waals surface area (Å²) in [5.74, 6) is 0.363. The van der Waals surface area contributed by atoms with Gasteiger partial charge in [0, 0.05) is 17.0 Å². The predicted molar refractivity (Wildman–Crippen MR) is 132 cm³/mol. The number of amides is 1. The number of anilines is 1. The van der Waals surface area contributed by atoms with Gasteiger partial charge in [-0.05, 0) is 68.9 Å². The molecule has 3 aromatic rings. The summed E-state index contributed by atoms with van der Waals surface area (Å²) in [6, 6.07) is 6.07. The van der Waals surface area contributed by atoms with Gasteiger partial charge in [-0.1, -0.05) is 18.7 Å². The van der Waals surface area contributed by atoms with E-state index in [1.165, 1.54) is 35.2 Å². The fourth-order valence-corrected chi connectivity index (χ4v) is 6.26. The monoisotopic (exact) mass is 502 g/mol. The molecule has 7 nitrogen and oxygen atoms in total. The summed E-state index contributed by atoms with van der Waals surface area (Å²) < 4.78 is 20.4. The normalized spacial score (nSPS) is 15.1. The van der Waals surface area contributed by atoms with Crippen molar-refractivity contribution in [2.24, 2.45) is 5.92 Å². The number of thioether (sulfide) groups is 1. The number of esters is 1. The number of benzene rings is 1. The summed E-state index contributed by atoms with van der Waals surface area (Å²) in [7, 11) is 0. The van der Waals surface area contributed by atoms with E-state index < -0.39 is 0 Å². The Kier molecular flexibility index (Phi) is 7.67. The molecule has 0 bridgehead atoms. The summed E-state index contributed by atoms with van der Waals surface area (Å²) in [6.07, 6.45) is 2.74. The fourth-order valence-electron chi connectivity index (χ4n) is 4.04. The largest absolute Gasteiger partial charge is 0.462 e. The van der Waals surface area contributed by atoms with Crippen molar-refractivity contribution < 1.29 is 18.7 Å². The van der Waals surface area contributed by atoms with Crippen molar-refractivity contribution in [3.8, 4) is 11.4 Å². The number of thiophene rings is 1. The lowest BCUT2D eigenvalue weighted by Crippen LogP contribution is -2.18. The number of rotatable bonds is 8. The third-order valence-corrected chi connectivity index (χ3v) is 7.85. The second-order valence-corrected chi connectivity index (χ2v) is 10.2. The zero-order valence-electron chi connectivity index (χ0n) is 19.4. The Morgan fingerprint density at radius 1 is 1.26 bits per heavy atom. The van der Waals surface area contributed by atoms with E-state index in [0.717, 1.165) is 35.3 Å². The highest BCUT2D eigenvalue weighted by Gasteiger charge is 2.29. The molecule has 1 aliphatic rings. The molecule has 0 spiro atoms. The SMILES string of the molecule is CCOC(=O)c1c(NC(=O)CSc2nnc(-c3ccc(F)cc3)n2CC)sc2c1CCC(C)C2. The number of fused-ring (bicyclic) bond motifs is 1. The van der Waals surface area contributed by atoms with Crippen molar-refractivity contribution in [3.63, 3.8) is 0 Å². The molecule has 1 aromatic carbocycles. The molecule has 1 atom stereocenters. The second kappa shape index (κ2) is 10.7. The molecule has 4 rings (SSSR count). The van der Waals surface area contributed by atoms with Crippen molar-refractivity contribution in [2.75, 3.05) is 17.7 Å². The van der Waals surface area contributed by atoms with Gasteiger partial charge in [-0.15, -0.1) is 21.5 Å². The van der Waals surface area contributed by atoms with Crippen molar-refractivity contribution in [3.05, 3.63) is 46.1 Å². The minimum absolute atomic E-state index is 0.114. The highest BCUT2D eigenvalue weighted by Crippen LogP contribution is 2.40. The molecule has 0 fully saturated rings. The maximum absolute atomic E-state index is 13.3. The van der Waals surface area contributed by atoms with E-state index in [0.29, 0.717) is 34.0 Å². The minimum Gasteiger partial charge on any atom is -0.462 e. The van der Waals surface area contributed by atoms with E-state index in [-0.39, 0.29) is 30.1 Å². The molecule has 1 aliphatic carbocycles. The summed E-state index contributed by atoms with van der Waals surface area (Å²) >= 11 is 2.74.